The summed E-state index contributed by atoms with van der Waals surface area (Å²) in [5.41, 5.74) is 5.05. The fraction of sp³-hybridized carbons (Fsp3) is 0. The fourth-order valence-electron chi connectivity index (χ4n) is 5.91. The molecule has 0 aliphatic heterocycles. The van der Waals surface area contributed by atoms with Gasteiger partial charge in [-0.3, -0.25) is 4.90 Å². The Morgan fingerprint density at radius 3 is 1.44 bits per heavy atom. The Kier molecular flexibility index (Phi) is 5.46. The number of nitrogens with zero attached hydrogens (tertiary/aromatic N) is 3. The molecule has 0 unspecified atom stereocenters. The van der Waals surface area contributed by atoms with Gasteiger partial charge in [-0.1, -0.05) is 121 Å². The molecule has 0 bridgehead atoms. The van der Waals surface area contributed by atoms with Crippen LogP contribution in [-0.2, 0) is 0 Å². The summed E-state index contributed by atoms with van der Waals surface area (Å²) in [4.78, 5) is 12.6. The van der Waals surface area contributed by atoms with E-state index in [1.54, 1.807) is 0 Å². The van der Waals surface area contributed by atoms with Gasteiger partial charge in [0.2, 0.25) is 0 Å². The molecular weight excluding hydrogens is 498 g/mol. The number of hydrogen-bond acceptors (Lipinski definition) is 3. The zero-order valence-electron chi connectivity index (χ0n) is 22.3. The summed E-state index contributed by atoms with van der Waals surface area (Å²) in [6, 6.07) is 52.9. The molecule has 3 heteroatoms. The van der Waals surface area contributed by atoms with Crippen LogP contribution in [0.2, 0.25) is 0 Å². The minimum Gasteiger partial charge on any atom is -0.278 e. The van der Waals surface area contributed by atoms with Gasteiger partial charge in [0.1, 0.15) is 11.6 Å². The summed E-state index contributed by atoms with van der Waals surface area (Å²) in [5, 5.41) is 7.45. The second-order valence-corrected chi connectivity index (χ2v) is 10.3. The minimum atomic E-state index is 0.819. The first-order valence-electron chi connectivity index (χ1n) is 13.9. The number of rotatable bonds is 5. The van der Waals surface area contributed by atoms with Crippen molar-refractivity contribution in [3.63, 3.8) is 0 Å². The van der Waals surface area contributed by atoms with Gasteiger partial charge in [0, 0.05) is 16.5 Å². The van der Waals surface area contributed by atoms with Crippen LogP contribution in [0, 0.1) is 0 Å². The van der Waals surface area contributed by atoms with Crippen LogP contribution < -0.4 is 4.90 Å². The standard InChI is InChI=1S/C38H25N3/c1-3-10-26(11-4-1)32-16-8-18-35(39-32)41(36-19-9-17-33(40-36)27-12-5-2-6-13-27)34-25-23-30-21-20-28-14-7-15-29-22-24-31(34)38(30)37(28)29/h1-25H. The van der Waals surface area contributed by atoms with Crippen LogP contribution in [-0.4, -0.2) is 9.97 Å². The maximum absolute atomic E-state index is 5.19. The van der Waals surface area contributed by atoms with E-state index in [9.17, 15) is 0 Å². The van der Waals surface area contributed by atoms with Gasteiger partial charge in [0.05, 0.1) is 17.1 Å². The molecule has 0 amide bonds. The van der Waals surface area contributed by atoms with Gasteiger partial charge < -0.3 is 0 Å². The molecule has 6 aromatic carbocycles. The van der Waals surface area contributed by atoms with E-state index in [4.69, 9.17) is 9.97 Å². The summed E-state index contributed by atoms with van der Waals surface area (Å²) < 4.78 is 0. The third-order valence-electron chi connectivity index (χ3n) is 7.81. The minimum absolute atomic E-state index is 0.819. The summed E-state index contributed by atoms with van der Waals surface area (Å²) in [7, 11) is 0. The molecular formula is C38H25N3. The molecule has 2 aromatic heterocycles. The van der Waals surface area contributed by atoms with Crippen molar-refractivity contribution >= 4 is 49.6 Å². The van der Waals surface area contributed by atoms with Crippen LogP contribution >= 0.6 is 0 Å². The van der Waals surface area contributed by atoms with Gasteiger partial charge in [-0.2, -0.15) is 0 Å². The van der Waals surface area contributed by atoms with Gasteiger partial charge in [-0.15, -0.1) is 0 Å². The molecule has 8 aromatic rings. The molecule has 41 heavy (non-hydrogen) atoms. The van der Waals surface area contributed by atoms with Gasteiger partial charge in [-0.05, 0) is 57.3 Å². The van der Waals surface area contributed by atoms with Crippen LogP contribution in [0.15, 0.2) is 152 Å². The lowest BCUT2D eigenvalue weighted by Crippen LogP contribution is -2.14. The molecule has 0 saturated carbocycles. The van der Waals surface area contributed by atoms with Crippen LogP contribution in [0.25, 0.3) is 54.8 Å². The van der Waals surface area contributed by atoms with Gasteiger partial charge in [-0.25, -0.2) is 9.97 Å². The largest absolute Gasteiger partial charge is 0.278 e. The van der Waals surface area contributed by atoms with Crippen molar-refractivity contribution < 1.29 is 0 Å². The van der Waals surface area contributed by atoms with Crippen molar-refractivity contribution in [2.45, 2.75) is 0 Å². The third kappa shape index (κ3) is 3.98. The summed E-state index contributed by atoms with van der Waals surface area (Å²) in [6.45, 7) is 0. The third-order valence-corrected chi connectivity index (χ3v) is 7.81. The van der Waals surface area contributed by atoms with Crippen LogP contribution in [0.5, 0.6) is 0 Å². The maximum Gasteiger partial charge on any atom is 0.139 e. The number of hydrogen-bond donors (Lipinski definition) is 0. The Morgan fingerprint density at radius 2 is 0.854 bits per heavy atom. The molecule has 192 valence electrons. The monoisotopic (exact) mass is 523 g/mol. The van der Waals surface area contributed by atoms with Crippen LogP contribution in [0.1, 0.15) is 0 Å². The number of aromatic nitrogens is 2. The molecule has 2 heterocycles. The highest BCUT2D eigenvalue weighted by Gasteiger charge is 2.21. The van der Waals surface area contributed by atoms with Crippen molar-refractivity contribution in [2.24, 2.45) is 0 Å². The molecule has 0 spiro atoms. The smallest absolute Gasteiger partial charge is 0.139 e. The predicted molar refractivity (Wildman–Crippen MR) is 171 cm³/mol. The van der Waals surface area contributed by atoms with Crippen molar-refractivity contribution in [3.05, 3.63) is 152 Å². The molecule has 0 saturated heterocycles. The molecule has 0 atom stereocenters. The van der Waals surface area contributed by atoms with Crippen molar-refractivity contribution in [3.8, 4) is 22.5 Å². The molecule has 8 rings (SSSR count). The Hall–Kier alpha value is -5.54. The number of benzene rings is 6. The quantitative estimate of drug-likeness (QED) is 0.210. The first-order valence-corrected chi connectivity index (χ1v) is 13.9. The highest BCUT2D eigenvalue weighted by atomic mass is 15.2. The summed E-state index contributed by atoms with van der Waals surface area (Å²) in [5.74, 6) is 1.64. The second-order valence-electron chi connectivity index (χ2n) is 10.3. The van der Waals surface area contributed by atoms with E-state index >= 15 is 0 Å². The second kappa shape index (κ2) is 9.58. The average molecular weight is 524 g/mol. The SMILES string of the molecule is c1ccc(-c2cccc(N(c3cccc(-c4ccccc4)n3)c3ccc4ccc5cccc6ccc3c4c56)n2)cc1. The normalized spacial score (nSPS) is 11.4. The van der Waals surface area contributed by atoms with E-state index in [0.29, 0.717) is 0 Å². The van der Waals surface area contributed by atoms with Crippen LogP contribution in [0.3, 0.4) is 0 Å². The van der Waals surface area contributed by atoms with E-state index in [-0.39, 0.29) is 0 Å². The maximum atomic E-state index is 5.19. The topological polar surface area (TPSA) is 29.0 Å². The Labute approximate surface area is 238 Å². The van der Waals surface area contributed by atoms with E-state index < -0.39 is 0 Å². The molecule has 0 fully saturated rings. The lowest BCUT2D eigenvalue weighted by atomic mass is 9.93. The summed E-state index contributed by atoms with van der Waals surface area (Å²) >= 11 is 0. The first kappa shape index (κ1) is 23.4. The van der Waals surface area contributed by atoms with E-state index in [1.165, 1.54) is 32.3 Å². The number of anilines is 3. The first-order chi connectivity index (χ1) is 20.3. The molecule has 0 aliphatic carbocycles. The molecule has 0 N–H and O–H groups in total. The van der Waals surface area contributed by atoms with Crippen LogP contribution in [0.4, 0.5) is 17.3 Å². The average Bonchev–Trinajstić information content (AvgIpc) is 3.05. The zero-order chi connectivity index (χ0) is 27.2. The lowest BCUT2D eigenvalue weighted by molar-refractivity contribution is 1.14. The zero-order valence-corrected chi connectivity index (χ0v) is 22.3. The predicted octanol–water partition coefficient (Wildman–Crippen LogP) is 10.2. The molecule has 0 aliphatic rings. The Bertz CT molecular complexity index is 2050. The highest BCUT2D eigenvalue weighted by Crippen LogP contribution is 2.43. The van der Waals surface area contributed by atoms with Crippen molar-refractivity contribution in [1.82, 2.24) is 9.97 Å². The van der Waals surface area contributed by atoms with Crippen molar-refractivity contribution in [2.75, 3.05) is 4.90 Å². The van der Waals surface area contributed by atoms with Gasteiger partial charge in [0.15, 0.2) is 0 Å². The van der Waals surface area contributed by atoms with Gasteiger partial charge in [0.25, 0.3) is 0 Å². The highest BCUT2D eigenvalue weighted by molar-refractivity contribution is 6.25. The van der Waals surface area contributed by atoms with Gasteiger partial charge >= 0.3 is 0 Å². The van der Waals surface area contributed by atoms with E-state index in [2.05, 4.69) is 120 Å². The van der Waals surface area contributed by atoms with E-state index in [1.807, 2.05) is 36.4 Å². The van der Waals surface area contributed by atoms with E-state index in [0.717, 1.165) is 39.8 Å². The fourth-order valence-corrected chi connectivity index (χ4v) is 5.91. The Balaban J connectivity index is 1.40. The summed E-state index contributed by atoms with van der Waals surface area (Å²) in [6.07, 6.45) is 0. The number of pyridine rings is 2. The molecule has 0 radical (unpaired) electrons. The van der Waals surface area contributed by atoms with Crippen molar-refractivity contribution in [1.29, 1.82) is 0 Å². The molecule has 3 nitrogen and oxygen atoms in total. The lowest BCUT2D eigenvalue weighted by Gasteiger charge is -2.26. The Morgan fingerprint density at radius 1 is 0.366 bits per heavy atom.